The summed E-state index contributed by atoms with van der Waals surface area (Å²) in [6.45, 7) is 5.80. The Morgan fingerprint density at radius 2 is 1.56 bits per heavy atom. The molecule has 0 spiro atoms. The van der Waals surface area contributed by atoms with E-state index in [0.29, 0.717) is 17.4 Å². The number of hydrogen-bond donors (Lipinski definition) is 2. The number of hydrogen-bond acceptors (Lipinski definition) is 5. The zero-order chi connectivity index (χ0) is 24.5. The minimum Gasteiger partial charge on any atom is -0.508 e. The van der Waals surface area contributed by atoms with Gasteiger partial charge in [-0.05, 0) is 109 Å². The summed E-state index contributed by atoms with van der Waals surface area (Å²) in [7, 11) is 0. The Morgan fingerprint density at radius 1 is 0.778 bits per heavy atom. The quantitative estimate of drug-likeness (QED) is 0.466. The normalized spacial score (nSPS) is 19.7. The lowest BCUT2D eigenvalue weighted by Gasteiger charge is -2.30. The van der Waals surface area contributed by atoms with E-state index in [4.69, 9.17) is 4.74 Å². The number of piperidine rings is 1. The fourth-order valence-corrected chi connectivity index (χ4v) is 6.26. The maximum atomic E-state index is 10.4. The number of aryl methyl sites for hydroxylation is 1. The molecule has 2 aliphatic heterocycles. The fourth-order valence-electron chi connectivity index (χ4n) is 6.26. The highest BCUT2D eigenvalue weighted by molar-refractivity contribution is 5.62. The highest BCUT2D eigenvalue weighted by Crippen LogP contribution is 2.42. The molecule has 1 unspecified atom stereocenters. The molecule has 0 saturated carbocycles. The molecule has 1 atom stereocenters. The molecule has 0 amide bonds. The summed E-state index contributed by atoms with van der Waals surface area (Å²) in [6, 6.07) is 18.2. The Morgan fingerprint density at radius 3 is 2.44 bits per heavy atom. The fraction of sp³-hybridized carbons (Fsp3) is 0.419. The number of ether oxygens (including phenoxy) is 1. The van der Waals surface area contributed by atoms with E-state index in [9.17, 15) is 10.2 Å². The van der Waals surface area contributed by atoms with Crippen LogP contribution in [-0.2, 0) is 25.9 Å². The molecular weight excluding hydrogens is 448 g/mol. The molecule has 3 aromatic carbocycles. The smallest absolute Gasteiger partial charge is 0.119 e. The summed E-state index contributed by atoms with van der Waals surface area (Å²) in [5.41, 5.74) is 7.65. The first-order valence-corrected chi connectivity index (χ1v) is 13.5. The van der Waals surface area contributed by atoms with Gasteiger partial charge in [0.15, 0.2) is 0 Å². The summed E-state index contributed by atoms with van der Waals surface area (Å²) in [5, 5.41) is 20.2. The van der Waals surface area contributed by atoms with Crippen molar-refractivity contribution in [1.29, 1.82) is 0 Å². The van der Waals surface area contributed by atoms with Gasteiger partial charge in [0.1, 0.15) is 23.9 Å². The van der Waals surface area contributed by atoms with Gasteiger partial charge in [-0.15, -0.1) is 0 Å². The van der Waals surface area contributed by atoms with Crippen molar-refractivity contribution >= 4 is 5.69 Å². The lowest BCUT2D eigenvalue weighted by atomic mass is 9.79. The van der Waals surface area contributed by atoms with Gasteiger partial charge in [0.25, 0.3) is 0 Å². The number of likely N-dealkylation sites (tertiary alicyclic amines) is 1. The molecule has 3 aliphatic rings. The standard InChI is InChI=1S/C31H36N2O3/c34-27-8-6-22-16-24(5-4-23(22)17-27)30-11-9-28(35)19-31(30)33-20-25-7-10-29(18-26(25)21-33)36-15-14-32-12-2-1-3-13-32/h6-11,17-19,24,34-35H,1-5,12-16,20-21H2. The number of phenols is 2. The van der Waals surface area contributed by atoms with E-state index in [1.807, 2.05) is 18.2 Å². The topological polar surface area (TPSA) is 56.2 Å². The summed E-state index contributed by atoms with van der Waals surface area (Å²) < 4.78 is 6.14. The van der Waals surface area contributed by atoms with Crippen LogP contribution in [0.2, 0.25) is 0 Å². The van der Waals surface area contributed by atoms with Gasteiger partial charge in [-0.25, -0.2) is 0 Å². The van der Waals surface area contributed by atoms with Crippen molar-refractivity contribution in [3.8, 4) is 17.2 Å². The van der Waals surface area contributed by atoms with Gasteiger partial charge < -0.3 is 19.8 Å². The monoisotopic (exact) mass is 484 g/mol. The molecule has 1 saturated heterocycles. The average Bonchev–Trinajstić information content (AvgIpc) is 3.32. The maximum absolute atomic E-state index is 10.4. The van der Waals surface area contributed by atoms with Gasteiger partial charge in [-0.2, -0.15) is 0 Å². The van der Waals surface area contributed by atoms with Gasteiger partial charge in [0.2, 0.25) is 0 Å². The van der Waals surface area contributed by atoms with Crippen molar-refractivity contribution in [3.63, 3.8) is 0 Å². The number of aromatic hydroxyl groups is 2. The molecule has 0 bridgehead atoms. The maximum Gasteiger partial charge on any atom is 0.119 e. The number of anilines is 1. The Labute approximate surface area is 213 Å². The van der Waals surface area contributed by atoms with E-state index in [1.54, 1.807) is 6.07 Å². The molecule has 0 radical (unpaired) electrons. The minimum atomic E-state index is 0.313. The summed E-state index contributed by atoms with van der Waals surface area (Å²) >= 11 is 0. The largest absolute Gasteiger partial charge is 0.508 e. The van der Waals surface area contributed by atoms with Crippen LogP contribution in [0.5, 0.6) is 17.2 Å². The SMILES string of the molecule is Oc1ccc2c(c1)CCC(c1ccc(O)cc1N1Cc3ccc(OCCN4CCCCC4)cc3C1)C2. The van der Waals surface area contributed by atoms with Crippen molar-refractivity contribution in [1.82, 2.24) is 4.90 Å². The third-order valence-electron chi connectivity index (χ3n) is 8.24. The molecule has 1 fully saturated rings. The van der Waals surface area contributed by atoms with Gasteiger partial charge >= 0.3 is 0 Å². The highest BCUT2D eigenvalue weighted by Gasteiger charge is 2.27. The molecule has 5 nitrogen and oxygen atoms in total. The van der Waals surface area contributed by atoms with Crippen LogP contribution in [0.15, 0.2) is 54.6 Å². The molecule has 6 rings (SSSR count). The number of phenolic OH excluding ortho intramolecular Hbond substituents is 2. The van der Waals surface area contributed by atoms with Crippen LogP contribution in [0.4, 0.5) is 5.69 Å². The Hall–Kier alpha value is -3.18. The first-order valence-electron chi connectivity index (χ1n) is 13.5. The number of benzene rings is 3. The Balaban J connectivity index is 1.16. The van der Waals surface area contributed by atoms with Crippen LogP contribution < -0.4 is 9.64 Å². The second-order valence-corrected chi connectivity index (χ2v) is 10.7. The van der Waals surface area contributed by atoms with Crippen molar-refractivity contribution in [2.24, 2.45) is 0 Å². The van der Waals surface area contributed by atoms with Crippen LogP contribution in [0, 0.1) is 0 Å². The van der Waals surface area contributed by atoms with Crippen molar-refractivity contribution < 1.29 is 14.9 Å². The molecule has 2 heterocycles. The van der Waals surface area contributed by atoms with Crippen LogP contribution >= 0.6 is 0 Å². The van der Waals surface area contributed by atoms with E-state index in [0.717, 1.165) is 56.9 Å². The van der Waals surface area contributed by atoms with E-state index < -0.39 is 0 Å². The zero-order valence-corrected chi connectivity index (χ0v) is 21.0. The molecule has 5 heteroatoms. The molecule has 1 aliphatic carbocycles. The van der Waals surface area contributed by atoms with Crippen LogP contribution in [-0.4, -0.2) is 41.4 Å². The van der Waals surface area contributed by atoms with Crippen molar-refractivity contribution in [2.75, 3.05) is 31.1 Å². The molecular formula is C31H36N2O3. The predicted molar refractivity (Wildman–Crippen MR) is 143 cm³/mol. The van der Waals surface area contributed by atoms with E-state index >= 15 is 0 Å². The van der Waals surface area contributed by atoms with Crippen LogP contribution in [0.25, 0.3) is 0 Å². The van der Waals surface area contributed by atoms with Crippen molar-refractivity contribution in [3.05, 3.63) is 82.4 Å². The van der Waals surface area contributed by atoms with Crippen molar-refractivity contribution in [2.45, 2.75) is 57.5 Å². The summed E-state index contributed by atoms with van der Waals surface area (Å²) in [4.78, 5) is 4.90. The second-order valence-electron chi connectivity index (χ2n) is 10.7. The van der Waals surface area contributed by atoms with E-state index in [-0.39, 0.29) is 0 Å². The zero-order valence-electron chi connectivity index (χ0n) is 21.0. The number of fused-ring (bicyclic) bond motifs is 2. The molecule has 3 aromatic rings. The second kappa shape index (κ2) is 10.1. The number of nitrogens with zero attached hydrogens (tertiary/aromatic N) is 2. The van der Waals surface area contributed by atoms with Gasteiger partial charge in [0.05, 0.1) is 0 Å². The number of rotatable bonds is 6. The van der Waals surface area contributed by atoms with E-state index in [1.165, 1.54) is 60.2 Å². The van der Waals surface area contributed by atoms with Crippen LogP contribution in [0.1, 0.15) is 59.4 Å². The molecule has 0 aromatic heterocycles. The predicted octanol–water partition coefficient (Wildman–Crippen LogP) is 5.76. The average molecular weight is 485 g/mol. The lowest BCUT2D eigenvalue weighted by Crippen LogP contribution is -2.33. The molecule has 36 heavy (non-hydrogen) atoms. The minimum absolute atomic E-state index is 0.313. The Bertz CT molecular complexity index is 1230. The van der Waals surface area contributed by atoms with E-state index in [2.05, 4.69) is 40.1 Å². The van der Waals surface area contributed by atoms with Gasteiger partial charge in [-0.3, -0.25) is 4.90 Å². The first kappa shape index (κ1) is 23.2. The third kappa shape index (κ3) is 4.90. The molecule has 188 valence electrons. The first-order chi connectivity index (χ1) is 17.6. The van der Waals surface area contributed by atoms with Crippen LogP contribution in [0.3, 0.4) is 0 Å². The lowest BCUT2D eigenvalue weighted by molar-refractivity contribution is 0.183. The summed E-state index contributed by atoms with van der Waals surface area (Å²) in [5.74, 6) is 2.01. The molecule has 2 N–H and O–H groups in total. The summed E-state index contributed by atoms with van der Waals surface area (Å²) in [6.07, 6.45) is 6.95. The van der Waals surface area contributed by atoms with Gasteiger partial charge in [0, 0.05) is 31.4 Å². The highest BCUT2D eigenvalue weighted by atomic mass is 16.5. The Kier molecular flexibility index (Phi) is 6.49. The van der Waals surface area contributed by atoms with Gasteiger partial charge in [-0.1, -0.05) is 24.6 Å². The third-order valence-corrected chi connectivity index (χ3v) is 8.24.